The second-order valence-electron chi connectivity index (χ2n) is 11.2. The van der Waals surface area contributed by atoms with Gasteiger partial charge < -0.3 is 21.1 Å². The molecule has 9 heteroatoms. The molecule has 1 saturated heterocycles. The van der Waals surface area contributed by atoms with Gasteiger partial charge in [0.1, 0.15) is 16.9 Å². The van der Waals surface area contributed by atoms with Crippen LogP contribution in [0, 0.1) is 13.8 Å². The van der Waals surface area contributed by atoms with Gasteiger partial charge in [-0.15, -0.1) is 0 Å². The number of aryl methyl sites for hydroxylation is 3. The monoisotopic (exact) mass is 526 g/mol. The van der Waals surface area contributed by atoms with E-state index in [1.54, 1.807) is 6.20 Å². The van der Waals surface area contributed by atoms with Crippen molar-refractivity contribution in [3.05, 3.63) is 53.6 Å². The van der Waals surface area contributed by atoms with Gasteiger partial charge in [0.15, 0.2) is 5.82 Å². The molecule has 9 nitrogen and oxygen atoms in total. The molecule has 2 aliphatic rings. The highest BCUT2D eigenvalue weighted by Gasteiger charge is 2.26. The van der Waals surface area contributed by atoms with E-state index in [-0.39, 0.29) is 12.1 Å². The molecule has 0 amide bonds. The van der Waals surface area contributed by atoms with Crippen molar-refractivity contribution in [1.29, 1.82) is 0 Å². The molecule has 1 aliphatic heterocycles. The summed E-state index contributed by atoms with van der Waals surface area (Å²) >= 11 is 0. The minimum Gasteiger partial charge on any atom is -0.393 e. The van der Waals surface area contributed by atoms with Gasteiger partial charge in [-0.05, 0) is 75.6 Å². The van der Waals surface area contributed by atoms with Gasteiger partial charge in [-0.25, -0.2) is 15.0 Å². The van der Waals surface area contributed by atoms with Gasteiger partial charge >= 0.3 is 0 Å². The average molecular weight is 527 g/mol. The van der Waals surface area contributed by atoms with E-state index in [2.05, 4.69) is 65.0 Å². The van der Waals surface area contributed by atoms with Crippen molar-refractivity contribution in [1.82, 2.24) is 24.7 Å². The summed E-state index contributed by atoms with van der Waals surface area (Å²) in [7, 11) is 0. The van der Waals surface area contributed by atoms with Crippen molar-refractivity contribution < 1.29 is 5.11 Å². The Balaban J connectivity index is 1.25. The molecule has 1 aliphatic carbocycles. The first-order valence-corrected chi connectivity index (χ1v) is 14.2. The number of nitrogens with one attached hydrogen (secondary N) is 1. The number of anilines is 3. The van der Waals surface area contributed by atoms with Crippen LogP contribution in [0.4, 0.5) is 17.3 Å². The van der Waals surface area contributed by atoms with E-state index < -0.39 is 0 Å². The van der Waals surface area contributed by atoms with Crippen molar-refractivity contribution in [3.63, 3.8) is 0 Å². The number of hydrogen-bond acceptors (Lipinski definition) is 8. The highest BCUT2D eigenvalue weighted by atomic mass is 16.3. The predicted octanol–water partition coefficient (Wildman–Crippen LogP) is 4.82. The number of nitrogens with zero attached hydrogens (tertiary/aromatic N) is 6. The standard InChI is InChI=1S/C30H38N8O/c1-4-26-30(34-21-5-6-24(39)14-21)36-27-25(16-32-29(31)28(27)35-26)20-15-33-38(17-20)22-7-9-37(10-8-22)23-12-18(2)11-19(3)13-23/h11-13,15-17,21-22,24,39H,4-10,14H2,1-3H3,(H2,31,32)(H,34,36)/t21-,24+/m1/s1. The van der Waals surface area contributed by atoms with Crippen LogP contribution in [-0.4, -0.2) is 55.1 Å². The Morgan fingerprint density at radius 1 is 1.00 bits per heavy atom. The molecule has 0 unspecified atom stereocenters. The fraction of sp³-hybridized carbons (Fsp3) is 0.467. The number of benzene rings is 1. The first-order chi connectivity index (χ1) is 18.9. The zero-order valence-electron chi connectivity index (χ0n) is 23.1. The van der Waals surface area contributed by atoms with Gasteiger partial charge in [0, 0.05) is 48.3 Å². The van der Waals surface area contributed by atoms with Crippen LogP contribution < -0.4 is 16.0 Å². The molecule has 0 radical (unpaired) electrons. The largest absolute Gasteiger partial charge is 0.393 e. The topological polar surface area (TPSA) is 118 Å². The zero-order valence-corrected chi connectivity index (χ0v) is 23.1. The maximum absolute atomic E-state index is 10.00. The third kappa shape index (κ3) is 5.15. The second kappa shape index (κ2) is 10.4. The predicted molar refractivity (Wildman–Crippen MR) is 156 cm³/mol. The third-order valence-corrected chi connectivity index (χ3v) is 8.20. The molecule has 0 bridgehead atoms. The lowest BCUT2D eigenvalue weighted by Gasteiger charge is -2.34. The summed E-state index contributed by atoms with van der Waals surface area (Å²) in [6.07, 6.45) is 10.8. The lowest BCUT2D eigenvalue weighted by Crippen LogP contribution is -2.34. The summed E-state index contributed by atoms with van der Waals surface area (Å²) in [5.41, 5.74) is 14.2. The van der Waals surface area contributed by atoms with Gasteiger partial charge in [-0.1, -0.05) is 13.0 Å². The summed E-state index contributed by atoms with van der Waals surface area (Å²) in [5.74, 6) is 1.15. The summed E-state index contributed by atoms with van der Waals surface area (Å²) in [6.45, 7) is 8.40. The molecule has 204 valence electrons. The van der Waals surface area contributed by atoms with Gasteiger partial charge in [-0.2, -0.15) is 5.10 Å². The Labute approximate surface area is 229 Å². The summed E-state index contributed by atoms with van der Waals surface area (Å²) in [5, 5.41) is 18.3. The van der Waals surface area contributed by atoms with Gasteiger partial charge in [-0.3, -0.25) is 4.68 Å². The second-order valence-corrected chi connectivity index (χ2v) is 11.2. The molecular weight excluding hydrogens is 488 g/mol. The zero-order chi connectivity index (χ0) is 27.1. The Bertz CT molecular complexity index is 1470. The summed E-state index contributed by atoms with van der Waals surface area (Å²) in [4.78, 5) is 16.9. The number of pyridine rings is 1. The van der Waals surface area contributed by atoms with Crippen LogP contribution >= 0.6 is 0 Å². The number of aliphatic hydroxyl groups excluding tert-OH is 1. The SMILES string of the molecule is CCc1nc2c(N)ncc(-c3cnn(C4CCN(c5cc(C)cc(C)c5)CC4)c3)c2nc1N[C@@H]1CC[C@H](O)C1. The van der Waals surface area contributed by atoms with Crippen molar-refractivity contribution >= 4 is 28.4 Å². The fourth-order valence-corrected chi connectivity index (χ4v) is 6.15. The van der Waals surface area contributed by atoms with Crippen LogP contribution in [0.25, 0.3) is 22.2 Å². The maximum Gasteiger partial charge on any atom is 0.151 e. The molecular formula is C30H38N8O. The number of piperidine rings is 1. The van der Waals surface area contributed by atoms with E-state index in [1.165, 1.54) is 16.8 Å². The van der Waals surface area contributed by atoms with E-state index in [9.17, 15) is 5.11 Å². The smallest absolute Gasteiger partial charge is 0.151 e. The molecule has 4 aromatic rings. The number of fused-ring (bicyclic) bond motifs is 1. The normalized spacial score (nSPS) is 20.2. The highest BCUT2D eigenvalue weighted by Crippen LogP contribution is 2.33. The molecule has 39 heavy (non-hydrogen) atoms. The summed E-state index contributed by atoms with van der Waals surface area (Å²) in [6, 6.07) is 7.32. The number of nitrogen functional groups attached to an aromatic ring is 1. The molecule has 3 aromatic heterocycles. The van der Waals surface area contributed by atoms with Crippen LogP contribution in [0.15, 0.2) is 36.8 Å². The lowest BCUT2D eigenvalue weighted by atomic mass is 10.0. The van der Waals surface area contributed by atoms with Crippen LogP contribution in [0.5, 0.6) is 0 Å². The Morgan fingerprint density at radius 2 is 1.77 bits per heavy atom. The van der Waals surface area contributed by atoms with Gasteiger partial charge in [0.25, 0.3) is 0 Å². The van der Waals surface area contributed by atoms with E-state index in [4.69, 9.17) is 20.8 Å². The van der Waals surface area contributed by atoms with Crippen LogP contribution in [-0.2, 0) is 6.42 Å². The third-order valence-electron chi connectivity index (χ3n) is 8.20. The molecule has 2 fully saturated rings. The fourth-order valence-electron chi connectivity index (χ4n) is 6.15. The molecule has 0 spiro atoms. The van der Waals surface area contributed by atoms with Crippen LogP contribution in [0.3, 0.4) is 0 Å². The van der Waals surface area contributed by atoms with E-state index in [1.807, 2.05) is 6.20 Å². The van der Waals surface area contributed by atoms with Crippen molar-refractivity contribution in [2.24, 2.45) is 0 Å². The number of aliphatic hydroxyl groups is 1. The highest BCUT2D eigenvalue weighted by molar-refractivity contribution is 5.96. The van der Waals surface area contributed by atoms with E-state index in [0.29, 0.717) is 17.4 Å². The maximum atomic E-state index is 10.00. The van der Waals surface area contributed by atoms with E-state index in [0.717, 1.165) is 79.8 Å². The van der Waals surface area contributed by atoms with Gasteiger partial charge in [0.2, 0.25) is 0 Å². The number of nitrogens with two attached hydrogens (primary N) is 1. The Hall–Kier alpha value is -3.72. The Kier molecular flexibility index (Phi) is 6.85. The minimum atomic E-state index is -0.255. The van der Waals surface area contributed by atoms with Crippen molar-refractivity contribution in [2.75, 3.05) is 29.0 Å². The van der Waals surface area contributed by atoms with E-state index >= 15 is 0 Å². The average Bonchev–Trinajstić information content (AvgIpc) is 3.57. The number of aromatic nitrogens is 5. The van der Waals surface area contributed by atoms with Gasteiger partial charge in [0.05, 0.1) is 24.0 Å². The summed E-state index contributed by atoms with van der Waals surface area (Å²) < 4.78 is 2.10. The van der Waals surface area contributed by atoms with Crippen LogP contribution in [0.2, 0.25) is 0 Å². The lowest BCUT2D eigenvalue weighted by molar-refractivity contribution is 0.182. The number of rotatable bonds is 6. The quantitative estimate of drug-likeness (QED) is 0.327. The first-order valence-electron chi connectivity index (χ1n) is 14.2. The van der Waals surface area contributed by atoms with Crippen LogP contribution in [0.1, 0.15) is 61.9 Å². The minimum absolute atomic E-state index is 0.192. The molecule has 1 aromatic carbocycles. The number of hydrogen-bond donors (Lipinski definition) is 3. The van der Waals surface area contributed by atoms with Crippen molar-refractivity contribution in [2.45, 2.75) is 77.5 Å². The molecule has 2 atom stereocenters. The first kappa shape index (κ1) is 25.6. The molecule has 1 saturated carbocycles. The molecule has 4 heterocycles. The molecule has 4 N–H and O–H groups in total. The molecule has 6 rings (SSSR count). The Morgan fingerprint density at radius 3 is 2.46 bits per heavy atom. The van der Waals surface area contributed by atoms with Crippen molar-refractivity contribution in [3.8, 4) is 11.1 Å².